The van der Waals surface area contributed by atoms with Crippen LogP contribution >= 0.6 is 0 Å². The third kappa shape index (κ3) is 1.60. The molecule has 84 valence electrons. The monoisotopic (exact) mass is 218 g/mol. The van der Waals surface area contributed by atoms with E-state index in [0.29, 0.717) is 6.04 Å². The predicted molar refractivity (Wildman–Crippen MR) is 61.8 cm³/mol. The number of benzene rings is 1. The van der Waals surface area contributed by atoms with Gasteiger partial charge in [0.2, 0.25) is 0 Å². The van der Waals surface area contributed by atoms with Gasteiger partial charge in [0.05, 0.1) is 17.4 Å². The molecule has 0 bridgehead atoms. The van der Waals surface area contributed by atoms with Gasteiger partial charge in [0.25, 0.3) is 0 Å². The summed E-state index contributed by atoms with van der Waals surface area (Å²) >= 11 is 0. The summed E-state index contributed by atoms with van der Waals surface area (Å²) in [7, 11) is 0. The third-order valence-electron chi connectivity index (χ3n) is 3.50. The summed E-state index contributed by atoms with van der Waals surface area (Å²) in [4.78, 5) is 4.28. The normalized spacial score (nSPS) is 18.1. The zero-order valence-electron chi connectivity index (χ0n) is 9.19. The molecule has 1 aromatic carbocycles. The van der Waals surface area contributed by atoms with Crippen molar-refractivity contribution in [3.8, 4) is 0 Å². The first kappa shape index (κ1) is 9.82. The van der Waals surface area contributed by atoms with Crippen LogP contribution in [0, 0.1) is 5.82 Å². The van der Waals surface area contributed by atoms with Crippen LogP contribution in [-0.2, 0) is 0 Å². The number of fused-ring (bicyclic) bond motifs is 1. The molecular weight excluding hydrogens is 203 g/mol. The molecule has 0 amide bonds. The van der Waals surface area contributed by atoms with Crippen LogP contribution in [0.1, 0.15) is 38.1 Å². The van der Waals surface area contributed by atoms with Gasteiger partial charge in [-0.3, -0.25) is 0 Å². The van der Waals surface area contributed by atoms with Gasteiger partial charge in [-0.05, 0) is 25.0 Å². The molecule has 1 fully saturated rings. The van der Waals surface area contributed by atoms with Crippen LogP contribution in [0.3, 0.4) is 0 Å². The van der Waals surface area contributed by atoms with Gasteiger partial charge in [-0.1, -0.05) is 19.3 Å². The van der Waals surface area contributed by atoms with Gasteiger partial charge in [0.1, 0.15) is 5.82 Å². The van der Waals surface area contributed by atoms with Crippen LogP contribution in [-0.4, -0.2) is 9.55 Å². The fraction of sp³-hybridized carbons (Fsp3) is 0.462. The van der Waals surface area contributed by atoms with E-state index in [2.05, 4.69) is 9.55 Å². The maximum absolute atomic E-state index is 13.0. The SMILES string of the molecule is Fc1ccc2c(c1)ncn2C1CCCCC1. The molecule has 3 rings (SSSR count). The van der Waals surface area contributed by atoms with Crippen molar-refractivity contribution >= 4 is 11.0 Å². The van der Waals surface area contributed by atoms with Crippen molar-refractivity contribution in [3.05, 3.63) is 30.3 Å². The molecule has 1 aromatic heterocycles. The number of rotatable bonds is 1. The van der Waals surface area contributed by atoms with Gasteiger partial charge in [0.15, 0.2) is 0 Å². The number of nitrogens with zero attached hydrogens (tertiary/aromatic N) is 2. The van der Waals surface area contributed by atoms with E-state index >= 15 is 0 Å². The van der Waals surface area contributed by atoms with Gasteiger partial charge >= 0.3 is 0 Å². The summed E-state index contributed by atoms with van der Waals surface area (Å²) in [6.45, 7) is 0. The minimum Gasteiger partial charge on any atom is -0.327 e. The van der Waals surface area contributed by atoms with Crippen molar-refractivity contribution in [1.82, 2.24) is 9.55 Å². The van der Waals surface area contributed by atoms with Gasteiger partial charge < -0.3 is 4.57 Å². The van der Waals surface area contributed by atoms with Crippen molar-refractivity contribution in [3.63, 3.8) is 0 Å². The van der Waals surface area contributed by atoms with E-state index in [1.165, 1.54) is 44.2 Å². The Morgan fingerprint density at radius 3 is 2.81 bits per heavy atom. The van der Waals surface area contributed by atoms with Crippen LogP contribution in [0.25, 0.3) is 11.0 Å². The van der Waals surface area contributed by atoms with Crippen molar-refractivity contribution in [2.75, 3.05) is 0 Å². The van der Waals surface area contributed by atoms with Crippen molar-refractivity contribution in [1.29, 1.82) is 0 Å². The van der Waals surface area contributed by atoms with Crippen LogP contribution in [0.5, 0.6) is 0 Å². The molecule has 2 aromatic rings. The number of aromatic nitrogens is 2. The van der Waals surface area contributed by atoms with Crippen LogP contribution in [0.15, 0.2) is 24.5 Å². The second kappa shape index (κ2) is 3.89. The maximum atomic E-state index is 13.0. The molecule has 0 saturated heterocycles. The third-order valence-corrected chi connectivity index (χ3v) is 3.50. The Bertz CT molecular complexity index is 498. The lowest BCUT2D eigenvalue weighted by molar-refractivity contribution is 0.359. The topological polar surface area (TPSA) is 17.8 Å². The summed E-state index contributed by atoms with van der Waals surface area (Å²) in [6, 6.07) is 5.42. The van der Waals surface area contributed by atoms with E-state index in [4.69, 9.17) is 0 Å². The van der Waals surface area contributed by atoms with Gasteiger partial charge in [0, 0.05) is 12.1 Å². The Balaban J connectivity index is 2.03. The van der Waals surface area contributed by atoms with Crippen molar-refractivity contribution in [2.45, 2.75) is 38.1 Å². The van der Waals surface area contributed by atoms with Crippen LogP contribution in [0.4, 0.5) is 4.39 Å². The van der Waals surface area contributed by atoms with E-state index < -0.39 is 0 Å². The van der Waals surface area contributed by atoms with E-state index in [1.807, 2.05) is 12.4 Å². The summed E-state index contributed by atoms with van der Waals surface area (Å²) in [5.41, 5.74) is 1.83. The lowest BCUT2D eigenvalue weighted by Gasteiger charge is -2.23. The quantitative estimate of drug-likeness (QED) is 0.714. The predicted octanol–water partition coefficient (Wildman–Crippen LogP) is 3.68. The second-order valence-corrected chi connectivity index (χ2v) is 4.58. The van der Waals surface area contributed by atoms with Crippen molar-refractivity contribution < 1.29 is 4.39 Å². The Morgan fingerprint density at radius 1 is 1.19 bits per heavy atom. The molecule has 2 nitrogen and oxygen atoms in total. The first-order valence-electron chi connectivity index (χ1n) is 5.97. The Hall–Kier alpha value is -1.38. The Morgan fingerprint density at radius 2 is 2.00 bits per heavy atom. The minimum atomic E-state index is -0.207. The van der Waals surface area contributed by atoms with E-state index in [1.54, 1.807) is 0 Å². The average Bonchev–Trinajstić information content (AvgIpc) is 2.73. The summed E-state index contributed by atoms with van der Waals surface area (Å²) in [5, 5.41) is 0. The molecule has 1 saturated carbocycles. The molecule has 1 aliphatic carbocycles. The fourth-order valence-electron chi connectivity index (χ4n) is 2.66. The summed E-state index contributed by atoms with van der Waals surface area (Å²) in [5.74, 6) is -0.207. The number of imidazole rings is 1. The minimum absolute atomic E-state index is 0.207. The first-order valence-corrected chi connectivity index (χ1v) is 5.97. The molecule has 16 heavy (non-hydrogen) atoms. The largest absolute Gasteiger partial charge is 0.327 e. The standard InChI is InChI=1S/C13H15FN2/c14-10-6-7-13-12(8-10)15-9-16(13)11-4-2-1-3-5-11/h6-9,11H,1-5H2. The van der Waals surface area contributed by atoms with E-state index in [9.17, 15) is 4.39 Å². The highest BCUT2D eigenvalue weighted by molar-refractivity contribution is 5.75. The van der Waals surface area contributed by atoms with Gasteiger partial charge in [-0.2, -0.15) is 0 Å². The number of halogens is 1. The molecule has 1 aliphatic rings. The van der Waals surface area contributed by atoms with Gasteiger partial charge in [-0.15, -0.1) is 0 Å². The summed E-state index contributed by atoms with van der Waals surface area (Å²) < 4.78 is 15.3. The Kier molecular flexibility index (Phi) is 2.39. The lowest BCUT2D eigenvalue weighted by atomic mass is 9.95. The molecule has 0 spiro atoms. The number of hydrogen-bond donors (Lipinski definition) is 0. The highest BCUT2D eigenvalue weighted by Crippen LogP contribution is 2.30. The molecule has 0 N–H and O–H groups in total. The molecule has 0 radical (unpaired) electrons. The first-order chi connectivity index (χ1) is 7.84. The average molecular weight is 218 g/mol. The van der Waals surface area contributed by atoms with Gasteiger partial charge in [-0.25, -0.2) is 9.37 Å². The highest BCUT2D eigenvalue weighted by atomic mass is 19.1. The highest BCUT2D eigenvalue weighted by Gasteiger charge is 2.17. The van der Waals surface area contributed by atoms with E-state index in [-0.39, 0.29) is 5.82 Å². The number of hydrogen-bond acceptors (Lipinski definition) is 1. The zero-order chi connectivity index (χ0) is 11.0. The van der Waals surface area contributed by atoms with Crippen LogP contribution < -0.4 is 0 Å². The smallest absolute Gasteiger partial charge is 0.125 e. The van der Waals surface area contributed by atoms with Crippen LogP contribution in [0.2, 0.25) is 0 Å². The lowest BCUT2D eigenvalue weighted by Crippen LogP contribution is -2.11. The Labute approximate surface area is 94.1 Å². The zero-order valence-corrected chi connectivity index (χ0v) is 9.19. The second-order valence-electron chi connectivity index (χ2n) is 4.58. The molecule has 0 unspecified atom stereocenters. The molecule has 0 aliphatic heterocycles. The molecule has 0 atom stereocenters. The molecule has 1 heterocycles. The van der Waals surface area contributed by atoms with Crippen molar-refractivity contribution in [2.24, 2.45) is 0 Å². The van der Waals surface area contributed by atoms with E-state index in [0.717, 1.165) is 11.0 Å². The molecule has 3 heteroatoms. The molecular formula is C13H15FN2. The fourth-order valence-corrected chi connectivity index (χ4v) is 2.66. The summed E-state index contributed by atoms with van der Waals surface area (Å²) in [6.07, 6.45) is 8.25. The maximum Gasteiger partial charge on any atom is 0.125 e.